The molecule has 0 atom stereocenters. The monoisotopic (exact) mass is 264 g/mol. The molecule has 0 unspecified atom stereocenters. The molecule has 1 aromatic carbocycles. The van der Waals surface area contributed by atoms with E-state index in [2.05, 4.69) is 10.6 Å². The number of benzene rings is 1. The maximum atomic E-state index is 11.6. The zero-order valence-electron chi connectivity index (χ0n) is 11.4. The van der Waals surface area contributed by atoms with E-state index in [1.54, 1.807) is 31.2 Å². The highest BCUT2D eigenvalue weighted by Gasteiger charge is 2.08. The van der Waals surface area contributed by atoms with Gasteiger partial charge in [-0.2, -0.15) is 0 Å². The third-order valence-corrected chi connectivity index (χ3v) is 2.37. The topological polar surface area (TPSA) is 67.4 Å². The highest BCUT2D eigenvalue weighted by molar-refractivity contribution is 5.95. The van der Waals surface area contributed by atoms with Crippen molar-refractivity contribution in [3.63, 3.8) is 0 Å². The molecule has 0 radical (unpaired) electrons. The SMILES string of the molecule is CCCNCC(=O)Nc1cccc(C(=O)OCC)c1. The van der Waals surface area contributed by atoms with Crippen molar-refractivity contribution in [3.8, 4) is 0 Å². The second kappa shape index (κ2) is 8.26. The van der Waals surface area contributed by atoms with Gasteiger partial charge in [-0.3, -0.25) is 4.79 Å². The molecule has 0 saturated carbocycles. The van der Waals surface area contributed by atoms with Crippen LogP contribution in [-0.2, 0) is 9.53 Å². The van der Waals surface area contributed by atoms with Crippen molar-refractivity contribution in [1.82, 2.24) is 5.32 Å². The number of hydrogen-bond donors (Lipinski definition) is 2. The van der Waals surface area contributed by atoms with Crippen LogP contribution in [0.25, 0.3) is 0 Å². The molecule has 5 heteroatoms. The Hall–Kier alpha value is -1.88. The van der Waals surface area contributed by atoms with Crippen LogP contribution in [0.5, 0.6) is 0 Å². The number of hydrogen-bond acceptors (Lipinski definition) is 4. The second-order valence-corrected chi connectivity index (χ2v) is 4.03. The fourth-order valence-electron chi connectivity index (χ4n) is 1.52. The first-order valence-corrected chi connectivity index (χ1v) is 6.45. The van der Waals surface area contributed by atoms with Crippen LogP contribution in [0.2, 0.25) is 0 Å². The van der Waals surface area contributed by atoms with E-state index >= 15 is 0 Å². The summed E-state index contributed by atoms with van der Waals surface area (Å²) >= 11 is 0. The van der Waals surface area contributed by atoms with Crippen LogP contribution in [0.15, 0.2) is 24.3 Å². The molecule has 1 aromatic rings. The Bertz CT molecular complexity index is 432. The molecular weight excluding hydrogens is 244 g/mol. The number of ether oxygens (including phenoxy) is 1. The molecule has 5 nitrogen and oxygen atoms in total. The third kappa shape index (κ3) is 5.52. The predicted octanol–water partition coefficient (Wildman–Crippen LogP) is 1.80. The van der Waals surface area contributed by atoms with Gasteiger partial charge >= 0.3 is 5.97 Å². The Labute approximate surface area is 113 Å². The van der Waals surface area contributed by atoms with Crippen molar-refractivity contribution < 1.29 is 14.3 Å². The van der Waals surface area contributed by atoms with Crippen LogP contribution in [0.3, 0.4) is 0 Å². The van der Waals surface area contributed by atoms with Crippen molar-refractivity contribution in [2.24, 2.45) is 0 Å². The number of carbonyl (C=O) groups excluding carboxylic acids is 2. The van der Waals surface area contributed by atoms with Crippen molar-refractivity contribution in [1.29, 1.82) is 0 Å². The summed E-state index contributed by atoms with van der Waals surface area (Å²) in [6.45, 7) is 5.18. The number of anilines is 1. The Morgan fingerprint density at radius 1 is 1.26 bits per heavy atom. The molecule has 0 aliphatic heterocycles. The minimum atomic E-state index is -0.386. The van der Waals surface area contributed by atoms with E-state index in [1.807, 2.05) is 6.92 Å². The third-order valence-electron chi connectivity index (χ3n) is 2.37. The minimum absolute atomic E-state index is 0.130. The lowest BCUT2D eigenvalue weighted by Crippen LogP contribution is -2.28. The van der Waals surface area contributed by atoms with Gasteiger partial charge in [-0.15, -0.1) is 0 Å². The predicted molar refractivity (Wildman–Crippen MR) is 74.2 cm³/mol. The van der Waals surface area contributed by atoms with E-state index in [-0.39, 0.29) is 18.4 Å². The number of carbonyl (C=O) groups is 2. The number of amides is 1. The van der Waals surface area contributed by atoms with Crippen molar-refractivity contribution in [2.45, 2.75) is 20.3 Å². The van der Waals surface area contributed by atoms with E-state index in [1.165, 1.54) is 0 Å². The summed E-state index contributed by atoms with van der Waals surface area (Å²) in [6.07, 6.45) is 0.978. The Morgan fingerprint density at radius 2 is 2.05 bits per heavy atom. The zero-order chi connectivity index (χ0) is 14.1. The molecule has 1 amide bonds. The number of rotatable bonds is 7. The van der Waals surface area contributed by atoms with Gasteiger partial charge in [0.2, 0.25) is 5.91 Å². The van der Waals surface area contributed by atoms with E-state index < -0.39 is 0 Å². The Kier molecular flexibility index (Phi) is 6.60. The molecule has 104 valence electrons. The summed E-state index contributed by atoms with van der Waals surface area (Å²) in [5.41, 5.74) is 1.02. The first-order valence-electron chi connectivity index (χ1n) is 6.45. The Balaban J connectivity index is 2.56. The Morgan fingerprint density at radius 3 is 2.74 bits per heavy atom. The van der Waals surface area contributed by atoms with Gasteiger partial charge in [0.15, 0.2) is 0 Å². The van der Waals surface area contributed by atoms with Crippen molar-refractivity contribution in [2.75, 3.05) is 25.0 Å². The van der Waals surface area contributed by atoms with Crippen LogP contribution in [-0.4, -0.2) is 31.6 Å². The summed E-state index contributed by atoms with van der Waals surface area (Å²) in [5, 5.41) is 5.74. The highest BCUT2D eigenvalue weighted by Crippen LogP contribution is 2.11. The average molecular weight is 264 g/mol. The van der Waals surface area contributed by atoms with E-state index in [9.17, 15) is 9.59 Å². The molecule has 0 aliphatic carbocycles. The normalized spacial score (nSPS) is 10.0. The molecule has 0 saturated heterocycles. The van der Waals surface area contributed by atoms with Gasteiger partial charge < -0.3 is 15.4 Å². The molecule has 0 aromatic heterocycles. The fourth-order valence-corrected chi connectivity index (χ4v) is 1.52. The van der Waals surface area contributed by atoms with Gasteiger partial charge in [0.25, 0.3) is 0 Å². The first kappa shape index (κ1) is 15.2. The summed E-state index contributed by atoms with van der Waals surface area (Å²) in [6, 6.07) is 6.71. The van der Waals surface area contributed by atoms with Gasteiger partial charge in [0, 0.05) is 5.69 Å². The zero-order valence-corrected chi connectivity index (χ0v) is 11.4. The lowest BCUT2D eigenvalue weighted by molar-refractivity contribution is -0.115. The van der Waals surface area contributed by atoms with Gasteiger partial charge in [-0.1, -0.05) is 13.0 Å². The van der Waals surface area contributed by atoms with Crippen LogP contribution in [0.4, 0.5) is 5.69 Å². The lowest BCUT2D eigenvalue weighted by Gasteiger charge is -2.07. The smallest absolute Gasteiger partial charge is 0.338 e. The van der Waals surface area contributed by atoms with Gasteiger partial charge in [0.1, 0.15) is 0 Å². The van der Waals surface area contributed by atoms with Gasteiger partial charge in [-0.25, -0.2) is 4.79 Å². The quantitative estimate of drug-likeness (QED) is 0.582. The molecule has 0 heterocycles. The van der Waals surface area contributed by atoms with E-state index in [0.29, 0.717) is 17.9 Å². The second-order valence-electron chi connectivity index (χ2n) is 4.03. The lowest BCUT2D eigenvalue weighted by atomic mass is 10.2. The largest absolute Gasteiger partial charge is 0.462 e. The molecule has 0 spiro atoms. The molecule has 19 heavy (non-hydrogen) atoms. The number of esters is 1. The molecule has 2 N–H and O–H groups in total. The van der Waals surface area contributed by atoms with Crippen LogP contribution in [0.1, 0.15) is 30.6 Å². The summed E-state index contributed by atoms with van der Waals surface area (Å²) in [5.74, 6) is -0.517. The highest BCUT2D eigenvalue weighted by atomic mass is 16.5. The van der Waals surface area contributed by atoms with E-state index in [4.69, 9.17) is 4.74 Å². The average Bonchev–Trinajstić information content (AvgIpc) is 2.39. The van der Waals surface area contributed by atoms with Crippen molar-refractivity contribution >= 4 is 17.6 Å². The van der Waals surface area contributed by atoms with Crippen LogP contribution >= 0.6 is 0 Å². The van der Waals surface area contributed by atoms with Crippen LogP contribution < -0.4 is 10.6 Å². The minimum Gasteiger partial charge on any atom is -0.462 e. The molecular formula is C14H20N2O3. The molecule has 0 fully saturated rings. The molecule has 0 aliphatic rings. The number of nitrogens with one attached hydrogen (secondary N) is 2. The maximum absolute atomic E-state index is 11.6. The summed E-state index contributed by atoms with van der Waals surface area (Å²) < 4.78 is 4.90. The van der Waals surface area contributed by atoms with Crippen LogP contribution in [0, 0.1) is 0 Å². The molecule has 0 bridgehead atoms. The first-order chi connectivity index (χ1) is 9.17. The summed E-state index contributed by atoms with van der Waals surface area (Å²) in [7, 11) is 0. The maximum Gasteiger partial charge on any atom is 0.338 e. The van der Waals surface area contributed by atoms with Crippen molar-refractivity contribution in [3.05, 3.63) is 29.8 Å². The molecule has 1 rings (SSSR count). The van der Waals surface area contributed by atoms with Gasteiger partial charge in [0.05, 0.1) is 18.7 Å². The standard InChI is InChI=1S/C14H20N2O3/c1-3-8-15-10-13(17)16-12-7-5-6-11(9-12)14(18)19-4-2/h5-7,9,15H,3-4,8,10H2,1-2H3,(H,16,17). The fraction of sp³-hybridized carbons (Fsp3) is 0.429. The van der Waals surface area contributed by atoms with Gasteiger partial charge in [-0.05, 0) is 38.1 Å². The summed E-state index contributed by atoms with van der Waals surface area (Å²) in [4.78, 5) is 23.2. The van der Waals surface area contributed by atoms with E-state index in [0.717, 1.165) is 13.0 Å².